The van der Waals surface area contributed by atoms with Crippen molar-refractivity contribution in [3.05, 3.63) is 0 Å². The largest absolute Gasteiger partial charge is 0.368 e. The molecular weight excluding hydrogens is 178 g/mol. The molecule has 0 radical (unpaired) electrons. The van der Waals surface area contributed by atoms with Crippen molar-refractivity contribution in [1.29, 1.82) is 0 Å². The number of rotatable bonds is 3. The molecular formula is C10H19N3O. The van der Waals surface area contributed by atoms with E-state index in [2.05, 4.69) is 10.2 Å². The average molecular weight is 197 g/mol. The Balaban J connectivity index is 1.99. The third kappa shape index (κ3) is 1.77. The second-order valence-electron chi connectivity index (χ2n) is 4.46. The molecule has 2 saturated heterocycles. The Kier molecular flexibility index (Phi) is 2.74. The molecule has 1 amide bonds. The summed E-state index contributed by atoms with van der Waals surface area (Å²) in [5.41, 5.74) is 5.06. The van der Waals surface area contributed by atoms with Gasteiger partial charge in [0.25, 0.3) is 0 Å². The Labute approximate surface area is 84.8 Å². The highest BCUT2D eigenvalue weighted by Crippen LogP contribution is 2.22. The fourth-order valence-corrected chi connectivity index (χ4v) is 2.55. The lowest BCUT2D eigenvalue weighted by molar-refractivity contribution is -0.124. The molecule has 3 N–H and O–H groups in total. The highest BCUT2D eigenvalue weighted by molar-refractivity contribution is 5.85. The van der Waals surface area contributed by atoms with Crippen molar-refractivity contribution in [3.8, 4) is 0 Å². The molecule has 2 aliphatic heterocycles. The van der Waals surface area contributed by atoms with Gasteiger partial charge in [0.1, 0.15) is 5.54 Å². The lowest BCUT2D eigenvalue weighted by Gasteiger charge is -2.30. The maximum absolute atomic E-state index is 11.4. The first kappa shape index (κ1) is 9.93. The molecule has 2 fully saturated rings. The summed E-state index contributed by atoms with van der Waals surface area (Å²) in [4.78, 5) is 13.8. The molecule has 0 bridgehead atoms. The Hall–Kier alpha value is -0.610. The van der Waals surface area contributed by atoms with Crippen LogP contribution < -0.4 is 11.1 Å². The molecule has 4 nitrogen and oxygen atoms in total. The summed E-state index contributed by atoms with van der Waals surface area (Å²) in [6, 6.07) is 0. The predicted molar refractivity (Wildman–Crippen MR) is 54.8 cm³/mol. The first-order valence-corrected chi connectivity index (χ1v) is 5.50. The van der Waals surface area contributed by atoms with E-state index in [0.29, 0.717) is 0 Å². The molecule has 0 spiro atoms. The van der Waals surface area contributed by atoms with Gasteiger partial charge >= 0.3 is 0 Å². The van der Waals surface area contributed by atoms with Crippen molar-refractivity contribution in [2.75, 3.05) is 26.2 Å². The van der Waals surface area contributed by atoms with Crippen LogP contribution in [-0.4, -0.2) is 42.5 Å². The first-order chi connectivity index (χ1) is 6.73. The quantitative estimate of drug-likeness (QED) is 0.652. The van der Waals surface area contributed by atoms with E-state index in [4.69, 9.17) is 5.73 Å². The molecule has 2 rings (SSSR count). The zero-order valence-corrected chi connectivity index (χ0v) is 8.59. The average Bonchev–Trinajstić information content (AvgIpc) is 2.76. The monoisotopic (exact) mass is 197 g/mol. The Morgan fingerprint density at radius 1 is 1.36 bits per heavy atom. The Morgan fingerprint density at radius 3 is 2.57 bits per heavy atom. The van der Waals surface area contributed by atoms with E-state index in [9.17, 15) is 4.79 Å². The third-order valence-corrected chi connectivity index (χ3v) is 3.41. The minimum atomic E-state index is -0.426. The van der Waals surface area contributed by atoms with Gasteiger partial charge in [-0.3, -0.25) is 4.79 Å². The maximum atomic E-state index is 11.4. The zero-order chi connectivity index (χ0) is 10.0. The van der Waals surface area contributed by atoms with Crippen LogP contribution in [0.1, 0.15) is 25.7 Å². The second-order valence-corrected chi connectivity index (χ2v) is 4.46. The summed E-state index contributed by atoms with van der Waals surface area (Å²) in [7, 11) is 0. The molecule has 2 aliphatic rings. The number of hydrogen-bond acceptors (Lipinski definition) is 3. The van der Waals surface area contributed by atoms with E-state index >= 15 is 0 Å². The number of nitrogens with two attached hydrogens (primary N) is 1. The van der Waals surface area contributed by atoms with Gasteiger partial charge in [-0.2, -0.15) is 0 Å². The van der Waals surface area contributed by atoms with Gasteiger partial charge in [0.2, 0.25) is 5.91 Å². The van der Waals surface area contributed by atoms with Crippen LogP contribution in [0.5, 0.6) is 0 Å². The molecule has 4 heteroatoms. The Morgan fingerprint density at radius 2 is 2.07 bits per heavy atom. The van der Waals surface area contributed by atoms with Crippen LogP contribution in [0.2, 0.25) is 0 Å². The number of nitrogens with one attached hydrogen (secondary N) is 1. The summed E-state index contributed by atoms with van der Waals surface area (Å²) in [6.07, 6.45) is 4.49. The van der Waals surface area contributed by atoms with Gasteiger partial charge in [-0.05, 0) is 45.3 Å². The normalized spacial score (nSPS) is 33.7. The van der Waals surface area contributed by atoms with E-state index in [-0.39, 0.29) is 5.91 Å². The van der Waals surface area contributed by atoms with Crippen LogP contribution in [0.15, 0.2) is 0 Å². The number of carbonyl (C=O) groups is 1. The molecule has 0 aliphatic carbocycles. The van der Waals surface area contributed by atoms with Crippen LogP contribution in [0.4, 0.5) is 0 Å². The summed E-state index contributed by atoms with van der Waals surface area (Å²) >= 11 is 0. The lowest BCUT2D eigenvalue weighted by Crippen LogP contribution is -2.58. The van der Waals surface area contributed by atoms with Crippen LogP contribution >= 0.6 is 0 Å². The van der Waals surface area contributed by atoms with Gasteiger partial charge in [0.15, 0.2) is 0 Å². The van der Waals surface area contributed by atoms with E-state index in [1.165, 1.54) is 12.8 Å². The van der Waals surface area contributed by atoms with Crippen molar-refractivity contribution >= 4 is 5.91 Å². The number of hydrogen-bond donors (Lipinski definition) is 2. The smallest absolute Gasteiger partial charge is 0.239 e. The molecule has 0 saturated carbocycles. The maximum Gasteiger partial charge on any atom is 0.239 e. The van der Waals surface area contributed by atoms with Gasteiger partial charge in [0.05, 0.1) is 0 Å². The topological polar surface area (TPSA) is 58.4 Å². The fourth-order valence-electron chi connectivity index (χ4n) is 2.55. The van der Waals surface area contributed by atoms with Gasteiger partial charge in [0, 0.05) is 6.54 Å². The van der Waals surface area contributed by atoms with Crippen LogP contribution in [0.3, 0.4) is 0 Å². The van der Waals surface area contributed by atoms with E-state index < -0.39 is 5.54 Å². The minimum Gasteiger partial charge on any atom is -0.368 e. The number of nitrogens with zero attached hydrogens (tertiary/aromatic N) is 1. The molecule has 0 aromatic heterocycles. The highest BCUT2D eigenvalue weighted by Gasteiger charge is 2.40. The van der Waals surface area contributed by atoms with Gasteiger partial charge in [-0.15, -0.1) is 0 Å². The number of amides is 1. The summed E-state index contributed by atoms with van der Waals surface area (Å²) < 4.78 is 0. The lowest BCUT2D eigenvalue weighted by atomic mass is 9.96. The SMILES string of the molecule is NC(=O)C1(CN2CCCC2)CCCN1. The summed E-state index contributed by atoms with van der Waals surface area (Å²) in [5.74, 6) is -0.179. The number of carbonyl (C=O) groups excluding carboxylic acids is 1. The second kappa shape index (κ2) is 3.87. The van der Waals surface area contributed by atoms with Gasteiger partial charge < -0.3 is 16.0 Å². The van der Waals surface area contributed by atoms with Crippen LogP contribution in [0, 0.1) is 0 Å². The third-order valence-electron chi connectivity index (χ3n) is 3.41. The predicted octanol–water partition coefficient (Wildman–Crippen LogP) is -0.310. The molecule has 0 aromatic carbocycles. The highest BCUT2D eigenvalue weighted by atomic mass is 16.1. The molecule has 2 heterocycles. The zero-order valence-electron chi connectivity index (χ0n) is 8.59. The standard InChI is InChI=1S/C10H19N3O/c11-9(14)10(4-3-5-12-10)8-13-6-1-2-7-13/h12H,1-8H2,(H2,11,14). The van der Waals surface area contributed by atoms with E-state index in [0.717, 1.165) is 39.0 Å². The van der Waals surface area contributed by atoms with E-state index in [1.807, 2.05) is 0 Å². The molecule has 1 unspecified atom stereocenters. The van der Waals surface area contributed by atoms with Crippen molar-refractivity contribution in [2.45, 2.75) is 31.2 Å². The van der Waals surface area contributed by atoms with Gasteiger partial charge in [-0.25, -0.2) is 0 Å². The summed E-state index contributed by atoms with van der Waals surface area (Å²) in [5, 5.41) is 3.28. The summed E-state index contributed by atoms with van der Waals surface area (Å²) in [6.45, 7) is 3.98. The minimum absolute atomic E-state index is 0.179. The van der Waals surface area contributed by atoms with Crippen molar-refractivity contribution in [1.82, 2.24) is 10.2 Å². The molecule has 1 atom stereocenters. The van der Waals surface area contributed by atoms with Crippen LogP contribution in [0.25, 0.3) is 0 Å². The number of likely N-dealkylation sites (tertiary alicyclic amines) is 1. The molecule has 0 aromatic rings. The fraction of sp³-hybridized carbons (Fsp3) is 0.900. The first-order valence-electron chi connectivity index (χ1n) is 5.50. The van der Waals surface area contributed by atoms with Crippen molar-refractivity contribution in [2.24, 2.45) is 5.73 Å². The van der Waals surface area contributed by atoms with Crippen molar-refractivity contribution in [3.63, 3.8) is 0 Å². The van der Waals surface area contributed by atoms with Crippen molar-refractivity contribution < 1.29 is 4.79 Å². The molecule has 80 valence electrons. The van der Waals surface area contributed by atoms with Gasteiger partial charge in [-0.1, -0.05) is 0 Å². The molecule has 14 heavy (non-hydrogen) atoms. The Bertz CT molecular complexity index is 217. The van der Waals surface area contributed by atoms with Crippen LogP contribution in [-0.2, 0) is 4.79 Å². The number of primary amides is 1. The van der Waals surface area contributed by atoms with E-state index in [1.54, 1.807) is 0 Å².